The van der Waals surface area contributed by atoms with Crippen LogP contribution in [0.5, 0.6) is 0 Å². The molecule has 0 saturated heterocycles. The predicted octanol–water partition coefficient (Wildman–Crippen LogP) is 4.73. The normalized spacial score (nSPS) is 20.4. The highest BCUT2D eigenvalue weighted by Crippen LogP contribution is 2.52. The van der Waals surface area contributed by atoms with Crippen LogP contribution in [-0.4, -0.2) is 29.3 Å². The Morgan fingerprint density at radius 1 is 1.14 bits per heavy atom. The average Bonchev–Trinajstić information content (AvgIpc) is 3.41. The summed E-state index contributed by atoms with van der Waals surface area (Å²) >= 11 is 0. The summed E-state index contributed by atoms with van der Waals surface area (Å²) in [6.45, 7) is 4.44. The van der Waals surface area contributed by atoms with Crippen LogP contribution in [0.1, 0.15) is 53.7 Å². The zero-order chi connectivity index (χ0) is 19.7. The fourth-order valence-electron chi connectivity index (χ4n) is 4.25. The van der Waals surface area contributed by atoms with Crippen LogP contribution in [0.2, 0.25) is 0 Å². The molecule has 3 nitrogen and oxygen atoms in total. The lowest BCUT2D eigenvalue weighted by Gasteiger charge is -2.21. The second-order valence-corrected chi connectivity index (χ2v) is 8.51. The van der Waals surface area contributed by atoms with Gasteiger partial charge in [0.25, 0.3) is 0 Å². The van der Waals surface area contributed by atoms with E-state index in [0.717, 1.165) is 28.7 Å². The number of nitrogens with zero attached hydrogens (tertiary/aromatic N) is 1. The molecule has 1 aliphatic heterocycles. The standard InChI is InChI=1S/C25H27NO2/c1-17(2)13-25-14-23(25)22-12-20(8-9-21(22)15-26-25)24(28)11-19(16-27)10-18-6-4-3-5-7-18/h3-9,12,14-15,17,19,27H,10-11,13,16H2,1-2H3/t19-,25?/m1/s1. The topological polar surface area (TPSA) is 49.7 Å². The van der Waals surface area contributed by atoms with Crippen molar-refractivity contribution < 1.29 is 9.90 Å². The lowest BCUT2D eigenvalue weighted by atomic mass is 9.88. The summed E-state index contributed by atoms with van der Waals surface area (Å²) < 4.78 is 0. The van der Waals surface area contributed by atoms with Gasteiger partial charge in [0.2, 0.25) is 0 Å². The molecule has 1 unspecified atom stereocenters. The summed E-state index contributed by atoms with van der Waals surface area (Å²) in [5, 5.41) is 9.76. The first-order valence-electron chi connectivity index (χ1n) is 10.1. The fraction of sp³-hybridized carbons (Fsp3) is 0.360. The maximum absolute atomic E-state index is 12.9. The molecule has 0 saturated carbocycles. The molecule has 144 valence electrons. The highest BCUT2D eigenvalue weighted by molar-refractivity contribution is 6.05. The summed E-state index contributed by atoms with van der Waals surface area (Å²) in [6, 6.07) is 15.9. The number of benzene rings is 2. The molecule has 4 rings (SSSR count). The number of Topliss-reactive ketones (excluding diaryl/α,β-unsaturated/α-hetero) is 1. The van der Waals surface area contributed by atoms with Gasteiger partial charge in [-0.05, 0) is 59.1 Å². The first kappa shape index (κ1) is 18.8. The van der Waals surface area contributed by atoms with Crippen LogP contribution in [0, 0.1) is 11.8 Å². The van der Waals surface area contributed by atoms with E-state index < -0.39 is 0 Å². The molecular weight excluding hydrogens is 346 g/mol. The van der Waals surface area contributed by atoms with Crippen LogP contribution in [0.15, 0.2) is 59.6 Å². The maximum atomic E-state index is 12.9. The van der Waals surface area contributed by atoms with Crippen molar-refractivity contribution in [2.24, 2.45) is 16.8 Å². The molecule has 2 aliphatic rings. The van der Waals surface area contributed by atoms with E-state index in [-0.39, 0.29) is 23.8 Å². The van der Waals surface area contributed by atoms with E-state index in [1.807, 2.05) is 54.7 Å². The predicted molar refractivity (Wildman–Crippen MR) is 114 cm³/mol. The van der Waals surface area contributed by atoms with Gasteiger partial charge in [0.05, 0.1) is 0 Å². The Morgan fingerprint density at radius 2 is 1.93 bits per heavy atom. The van der Waals surface area contributed by atoms with Gasteiger partial charge in [0.15, 0.2) is 5.78 Å². The van der Waals surface area contributed by atoms with Gasteiger partial charge in [0, 0.05) is 24.8 Å². The molecule has 2 atom stereocenters. The van der Waals surface area contributed by atoms with E-state index in [1.54, 1.807) is 0 Å². The zero-order valence-electron chi connectivity index (χ0n) is 16.6. The van der Waals surface area contributed by atoms with Crippen molar-refractivity contribution >= 4 is 17.6 Å². The van der Waals surface area contributed by atoms with E-state index >= 15 is 0 Å². The van der Waals surface area contributed by atoms with Gasteiger partial charge >= 0.3 is 0 Å². The Balaban J connectivity index is 1.48. The average molecular weight is 373 g/mol. The van der Waals surface area contributed by atoms with Crippen LogP contribution in [-0.2, 0) is 6.42 Å². The fourth-order valence-corrected chi connectivity index (χ4v) is 4.25. The number of carbonyl (C=O) groups excluding carboxylic acids is 1. The van der Waals surface area contributed by atoms with Crippen molar-refractivity contribution in [1.82, 2.24) is 0 Å². The highest BCUT2D eigenvalue weighted by atomic mass is 16.3. The first-order chi connectivity index (χ1) is 13.5. The minimum absolute atomic E-state index is 0.0148. The van der Waals surface area contributed by atoms with Crippen molar-refractivity contribution in [1.29, 1.82) is 0 Å². The number of aliphatic hydroxyl groups excluding tert-OH is 1. The van der Waals surface area contributed by atoms with Crippen LogP contribution in [0.4, 0.5) is 0 Å². The minimum atomic E-state index is -0.135. The monoisotopic (exact) mass is 373 g/mol. The number of fused-ring (bicyclic) bond motifs is 3. The van der Waals surface area contributed by atoms with Crippen LogP contribution in [0.3, 0.4) is 0 Å². The molecule has 1 N–H and O–H groups in total. The molecule has 3 heteroatoms. The number of hydrogen-bond donors (Lipinski definition) is 1. The molecule has 1 heterocycles. The number of aliphatic imine (C=N–C) groups is 1. The quantitative estimate of drug-likeness (QED) is 0.681. The van der Waals surface area contributed by atoms with Gasteiger partial charge in [0.1, 0.15) is 5.54 Å². The van der Waals surface area contributed by atoms with Gasteiger partial charge in [-0.15, -0.1) is 0 Å². The third kappa shape index (κ3) is 3.72. The number of ketones is 1. The number of carbonyl (C=O) groups is 1. The summed E-state index contributed by atoms with van der Waals surface area (Å²) in [7, 11) is 0. The van der Waals surface area contributed by atoms with Gasteiger partial charge in [-0.1, -0.05) is 56.3 Å². The minimum Gasteiger partial charge on any atom is -0.396 e. The molecule has 2 aromatic carbocycles. The van der Waals surface area contributed by atoms with Crippen molar-refractivity contribution in [2.45, 2.75) is 38.6 Å². The molecule has 0 aromatic heterocycles. The molecule has 2 aromatic rings. The Hall–Kier alpha value is -2.52. The van der Waals surface area contributed by atoms with E-state index in [9.17, 15) is 9.90 Å². The zero-order valence-corrected chi connectivity index (χ0v) is 16.6. The van der Waals surface area contributed by atoms with Crippen LogP contribution < -0.4 is 0 Å². The van der Waals surface area contributed by atoms with Crippen LogP contribution in [0.25, 0.3) is 5.57 Å². The summed E-state index contributed by atoms with van der Waals surface area (Å²) in [6.07, 6.45) is 6.26. The Labute approximate surface area is 166 Å². The van der Waals surface area contributed by atoms with E-state index in [4.69, 9.17) is 4.99 Å². The summed E-state index contributed by atoms with van der Waals surface area (Å²) in [5.74, 6) is 0.601. The molecule has 28 heavy (non-hydrogen) atoms. The Kier molecular flexibility index (Phi) is 5.03. The smallest absolute Gasteiger partial charge is 0.163 e. The molecular formula is C25H27NO2. The van der Waals surface area contributed by atoms with Gasteiger partial charge < -0.3 is 5.11 Å². The number of rotatable bonds is 8. The summed E-state index contributed by atoms with van der Waals surface area (Å²) in [4.78, 5) is 17.7. The third-order valence-corrected chi connectivity index (χ3v) is 5.68. The van der Waals surface area contributed by atoms with Crippen molar-refractivity contribution in [3.05, 3.63) is 76.9 Å². The Bertz CT molecular complexity index is 942. The molecule has 0 radical (unpaired) electrons. The third-order valence-electron chi connectivity index (χ3n) is 5.68. The molecule has 1 aliphatic carbocycles. The van der Waals surface area contributed by atoms with Gasteiger partial charge in [-0.3, -0.25) is 9.79 Å². The Morgan fingerprint density at radius 3 is 2.64 bits per heavy atom. The highest BCUT2D eigenvalue weighted by Gasteiger charge is 2.47. The lowest BCUT2D eigenvalue weighted by Crippen LogP contribution is -2.19. The molecule has 0 spiro atoms. The van der Waals surface area contributed by atoms with Crippen LogP contribution >= 0.6 is 0 Å². The van der Waals surface area contributed by atoms with Crippen molar-refractivity contribution in [3.8, 4) is 0 Å². The second-order valence-electron chi connectivity index (χ2n) is 8.51. The van der Waals surface area contributed by atoms with Gasteiger partial charge in [-0.2, -0.15) is 0 Å². The molecule has 0 amide bonds. The van der Waals surface area contributed by atoms with Crippen molar-refractivity contribution in [3.63, 3.8) is 0 Å². The van der Waals surface area contributed by atoms with E-state index in [1.165, 1.54) is 5.57 Å². The number of aliphatic hydroxyl groups is 1. The molecule has 0 bridgehead atoms. The van der Waals surface area contributed by atoms with Crippen molar-refractivity contribution in [2.75, 3.05) is 6.61 Å². The maximum Gasteiger partial charge on any atom is 0.163 e. The van der Waals surface area contributed by atoms with E-state index in [0.29, 0.717) is 18.8 Å². The number of hydrogen-bond acceptors (Lipinski definition) is 3. The largest absolute Gasteiger partial charge is 0.396 e. The second kappa shape index (κ2) is 7.48. The van der Waals surface area contributed by atoms with E-state index in [2.05, 4.69) is 19.9 Å². The molecule has 0 fully saturated rings. The lowest BCUT2D eigenvalue weighted by molar-refractivity contribution is 0.0936. The SMILES string of the molecule is CC(C)CC12C=C1c1cc(C(=O)C[C@H](CO)Cc3ccccc3)ccc1C=N2. The van der Waals surface area contributed by atoms with Gasteiger partial charge in [-0.25, -0.2) is 0 Å². The summed E-state index contributed by atoms with van der Waals surface area (Å²) in [5.41, 5.74) is 5.23. The first-order valence-corrected chi connectivity index (χ1v) is 10.1.